The van der Waals surface area contributed by atoms with E-state index in [2.05, 4.69) is 31.1 Å². The van der Waals surface area contributed by atoms with Crippen molar-refractivity contribution in [2.45, 2.75) is 64.1 Å². The number of methoxy groups -OCH3 is 1. The molecule has 0 aromatic carbocycles. The van der Waals surface area contributed by atoms with Crippen molar-refractivity contribution >= 4 is 0 Å². The van der Waals surface area contributed by atoms with Crippen molar-refractivity contribution in [2.75, 3.05) is 27.2 Å². The van der Waals surface area contributed by atoms with Crippen LogP contribution in [0.15, 0.2) is 0 Å². The lowest BCUT2D eigenvalue weighted by atomic mass is 9.75. The first kappa shape index (κ1) is 14.3. The summed E-state index contributed by atoms with van der Waals surface area (Å²) in [7, 11) is 4.12. The molecule has 0 radical (unpaired) electrons. The summed E-state index contributed by atoms with van der Waals surface area (Å²) in [5, 5.41) is 3.58. The maximum absolute atomic E-state index is 5.41. The molecule has 1 saturated heterocycles. The van der Waals surface area contributed by atoms with E-state index in [1.54, 1.807) is 0 Å². The molecule has 2 atom stereocenters. The van der Waals surface area contributed by atoms with E-state index >= 15 is 0 Å². The third-order valence-electron chi connectivity index (χ3n) is 4.96. The summed E-state index contributed by atoms with van der Waals surface area (Å²) in [4.78, 5) is 2.57. The minimum Gasteiger partial charge on any atom is -0.380 e. The van der Waals surface area contributed by atoms with Crippen LogP contribution in [-0.4, -0.2) is 50.3 Å². The summed E-state index contributed by atoms with van der Waals surface area (Å²) >= 11 is 0. The topological polar surface area (TPSA) is 24.5 Å². The predicted molar refractivity (Wildman–Crippen MR) is 75.9 cm³/mol. The highest BCUT2D eigenvalue weighted by molar-refractivity contribution is 4.88. The van der Waals surface area contributed by atoms with Crippen LogP contribution in [0, 0.1) is 5.41 Å². The lowest BCUT2D eigenvalue weighted by molar-refractivity contribution is 0.106. The highest BCUT2D eigenvalue weighted by atomic mass is 16.5. The zero-order valence-corrected chi connectivity index (χ0v) is 12.5. The Morgan fingerprint density at radius 2 is 1.94 bits per heavy atom. The Hall–Kier alpha value is -0.120. The van der Waals surface area contributed by atoms with Crippen molar-refractivity contribution in [3.8, 4) is 0 Å². The van der Waals surface area contributed by atoms with Gasteiger partial charge >= 0.3 is 0 Å². The summed E-state index contributed by atoms with van der Waals surface area (Å²) in [6, 6.07) is 1.41. The highest BCUT2D eigenvalue weighted by Crippen LogP contribution is 2.36. The molecule has 1 aliphatic carbocycles. The van der Waals surface area contributed by atoms with Crippen LogP contribution < -0.4 is 5.32 Å². The molecular formula is C15H30N2O. The second-order valence-corrected chi connectivity index (χ2v) is 7.03. The smallest absolute Gasteiger partial charge is 0.0711 e. The number of ether oxygens (including phenoxy) is 1. The SMILES string of the molecule is COC1CNC(CN(C)C2CCC(C)(C)CC2)C1. The van der Waals surface area contributed by atoms with Crippen LogP contribution >= 0.6 is 0 Å². The van der Waals surface area contributed by atoms with Gasteiger partial charge in [-0.3, -0.25) is 0 Å². The number of likely N-dealkylation sites (N-methyl/N-ethyl adjacent to an activating group) is 1. The third-order valence-corrected chi connectivity index (χ3v) is 4.96. The lowest BCUT2D eigenvalue weighted by Crippen LogP contribution is -2.43. The van der Waals surface area contributed by atoms with Gasteiger partial charge in [0, 0.05) is 32.3 Å². The molecule has 18 heavy (non-hydrogen) atoms. The molecular weight excluding hydrogens is 224 g/mol. The summed E-state index contributed by atoms with van der Waals surface area (Å²) in [6.45, 7) is 7.01. The molecule has 0 bridgehead atoms. The van der Waals surface area contributed by atoms with Gasteiger partial charge in [0.2, 0.25) is 0 Å². The first-order valence-corrected chi connectivity index (χ1v) is 7.46. The number of hydrogen-bond acceptors (Lipinski definition) is 3. The molecule has 2 aliphatic rings. The number of nitrogens with zero attached hydrogens (tertiary/aromatic N) is 1. The molecule has 106 valence electrons. The summed E-state index contributed by atoms with van der Waals surface area (Å²) in [5.74, 6) is 0. The quantitative estimate of drug-likeness (QED) is 0.833. The maximum atomic E-state index is 5.41. The van der Waals surface area contributed by atoms with Gasteiger partial charge in [0.1, 0.15) is 0 Å². The second kappa shape index (κ2) is 5.89. The minimum absolute atomic E-state index is 0.425. The Morgan fingerprint density at radius 1 is 1.28 bits per heavy atom. The average molecular weight is 254 g/mol. The van der Waals surface area contributed by atoms with E-state index in [0.29, 0.717) is 17.6 Å². The molecule has 1 heterocycles. The first-order valence-electron chi connectivity index (χ1n) is 7.46. The van der Waals surface area contributed by atoms with E-state index in [-0.39, 0.29) is 0 Å². The van der Waals surface area contributed by atoms with E-state index in [1.807, 2.05) is 7.11 Å². The Kier molecular flexibility index (Phi) is 4.68. The third kappa shape index (κ3) is 3.69. The summed E-state index contributed by atoms with van der Waals surface area (Å²) < 4.78 is 5.41. The van der Waals surface area contributed by atoms with Crippen molar-refractivity contribution in [1.29, 1.82) is 0 Å². The van der Waals surface area contributed by atoms with Crippen molar-refractivity contribution in [2.24, 2.45) is 5.41 Å². The Balaban J connectivity index is 1.74. The first-order chi connectivity index (χ1) is 8.50. The highest BCUT2D eigenvalue weighted by Gasteiger charge is 2.31. The van der Waals surface area contributed by atoms with Crippen molar-refractivity contribution in [1.82, 2.24) is 10.2 Å². The monoisotopic (exact) mass is 254 g/mol. The predicted octanol–water partition coefficient (Wildman–Crippen LogP) is 2.26. The summed E-state index contributed by atoms with van der Waals surface area (Å²) in [5.41, 5.74) is 0.574. The second-order valence-electron chi connectivity index (χ2n) is 7.03. The van der Waals surface area contributed by atoms with Gasteiger partial charge in [0.15, 0.2) is 0 Å². The van der Waals surface area contributed by atoms with Crippen LogP contribution in [0.3, 0.4) is 0 Å². The molecule has 1 N–H and O–H groups in total. The van der Waals surface area contributed by atoms with Crippen LogP contribution in [0.5, 0.6) is 0 Å². The lowest BCUT2D eigenvalue weighted by Gasteiger charge is -2.39. The van der Waals surface area contributed by atoms with Gasteiger partial charge in [-0.2, -0.15) is 0 Å². The van der Waals surface area contributed by atoms with Crippen LogP contribution in [0.1, 0.15) is 46.0 Å². The Bertz CT molecular complexity index is 257. The van der Waals surface area contributed by atoms with Gasteiger partial charge < -0.3 is 15.0 Å². The average Bonchev–Trinajstić information content (AvgIpc) is 2.76. The molecule has 2 fully saturated rings. The molecule has 0 aromatic rings. The molecule has 0 amide bonds. The number of hydrogen-bond donors (Lipinski definition) is 1. The van der Waals surface area contributed by atoms with Gasteiger partial charge in [0.05, 0.1) is 6.10 Å². The molecule has 0 spiro atoms. The Labute approximate surface area is 112 Å². The Morgan fingerprint density at radius 3 is 2.50 bits per heavy atom. The zero-order valence-electron chi connectivity index (χ0n) is 12.5. The maximum Gasteiger partial charge on any atom is 0.0711 e. The number of nitrogens with one attached hydrogen (secondary N) is 1. The van der Waals surface area contributed by atoms with Crippen molar-refractivity contribution in [3.05, 3.63) is 0 Å². The van der Waals surface area contributed by atoms with E-state index in [9.17, 15) is 0 Å². The van der Waals surface area contributed by atoms with E-state index in [4.69, 9.17) is 4.74 Å². The standard InChI is InChI=1S/C15H30N2O/c1-15(2)7-5-13(6-8-15)17(3)11-12-9-14(18-4)10-16-12/h12-14,16H,5-11H2,1-4H3. The molecule has 3 heteroatoms. The van der Waals surface area contributed by atoms with Gasteiger partial charge in [-0.25, -0.2) is 0 Å². The zero-order chi connectivity index (χ0) is 13.2. The van der Waals surface area contributed by atoms with Gasteiger partial charge in [-0.05, 0) is 44.6 Å². The van der Waals surface area contributed by atoms with Gasteiger partial charge in [-0.1, -0.05) is 13.8 Å². The molecule has 1 saturated carbocycles. The largest absolute Gasteiger partial charge is 0.380 e. The molecule has 0 aromatic heterocycles. The minimum atomic E-state index is 0.425. The molecule has 2 unspecified atom stereocenters. The van der Waals surface area contributed by atoms with E-state index < -0.39 is 0 Å². The summed E-state index contributed by atoms with van der Waals surface area (Å²) in [6.07, 6.45) is 7.07. The van der Waals surface area contributed by atoms with Gasteiger partial charge in [0.25, 0.3) is 0 Å². The fourth-order valence-corrected chi connectivity index (χ4v) is 3.42. The number of rotatable bonds is 4. The molecule has 3 nitrogen and oxygen atoms in total. The van der Waals surface area contributed by atoms with Crippen molar-refractivity contribution < 1.29 is 4.74 Å². The van der Waals surface area contributed by atoms with Gasteiger partial charge in [-0.15, -0.1) is 0 Å². The van der Waals surface area contributed by atoms with Crippen LogP contribution in [0.4, 0.5) is 0 Å². The fourth-order valence-electron chi connectivity index (χ4n) is 3.42. The normalized spacial score (nSPS) is 33.2. The molecule has 1 aliphatic heterocycles. The fraction of sp³-hybridized carbons (Fsp3) is 1.00. The van der Waals surface area contributed by atoms with Crippen LogP contribution in [0.25, 0.3) is 0 Å². The molecule has 2 rings (SSSR count). The van der Waals surface area contributed by atoms with Crippen molar-refractivity contribution in [3.63, 3.8) is 0 Å². The van der Waals surface area contributed by atoms with Crippen LogP contribution in [-0.2, 0) is 4.74 Å². The van der Waals surface area contributed by atoms with Crippen LogP contribution in [0.2, 0.25) is 0 Å². The van der Waals surface area contributed by atoms with E-state index in [0.717, 1.165) is 12.6 Å². The van der Waals surface area contributed by atoms with E-state index in [1.165, 1.54) is 38.6 Å².